The molecule has 0 unspecified atom stereocenters. The van der Waals surface area contributed by atoms with Crippen molar-refractivity contribution in [2.45, 2.75) is 23.9 Å². The zero-order valence-corrected chi connectivity index (χ0v) is 15.0. The van der Waals surface area contributed by atoms with Crippen LogP contribution in [0.4, 0.5) is 4.79 Å². The van der Waals surface area contributed by atoms with Crippen LogP contribution in [0.1, 0.15) is 12.8 Å². The molecule has 2 atom stereocenters. The van der Waals surface area contributed by atoms with Crippen LogP contribution in [0.5, 0.6) is 0 Å². The van der Waals surface area contributed by atoms with E-state index < -0.39 is 0 Å². The lowest BCUT2D eigenvalue weighted by atomic mass is 9.95. The Balaban J connectivity index is 1.62. The Hall–Kier alpha value is -1.76. The summed E-state index contributed by atoms with van der Waals surface area (Å²) in [4.78, 5) is 34.7. The smallest absolute Gasteiger partial charge is 0.319 e. The van der Waals surface area contributed by atoms with E-state index >= 15 is 0 Å². The van der Waals surface area contributed by atoms with Crippen molar-refractivity contribution in [2.24, 2.45) is 5.92 Å². The second kappa shape index (κ2) is 7.42. The molecule has 0 aromatic carbocycles. The molecule has 4 rings (SSSR count). The van der Waals surface area contributed by atoms with E-state index in [1.807, 2.05) is 28.0 Å². The van der Waals surface area contributed by atoms with Crippen molar-refractivity contribution >= 4 is 23.7 Å². The minimum Gasteiger partial charge on any atom is -0.337 e. The van der Waals surface area contributed by atoms with Gasteiger partial charge in [0.15, 0.2) is 0 Å². The average molecular weight is 348 g/mol. The molecule has 3 fully saturated rings. The summed E-state index contributed by atoms with van der Waals surface area (Å²) in [7, 11) is 3.56. The first-order valence-electron chi connectivity index (χ1n) is 8.34. The van der Waals surface area contributed by atoms with E-state index in [1.54, 1.807) is 25.2 Å². The second-order valence-corrected chi connectivity index (χ2v) is 7.68. The van der Waals surface area contributed by atoms with E-state index in [-0.39, 0.29) is 18.0 Å². The van der Waals surface area contributed by atoms with Crippen LogP contribution in [0.2, 0.25) is 0 Å². The summed E-state index contributed by atoms with van der Waals surface area (Å²) in [5.41, 5.74) is 0. The summed E-state index contributed by atoms with van der Waals surface area (Å²) < 4.78 is 0. The fourth-order valence-electron chi connectivity index (χ4n) is 3.48. The fraction of sp³-hybridized carbons (Fsp3) is 0.588. The number of thioether (sulfide) groups is 1. The van der Waals surface area contributed by atoms with Crippen molar-refractivity contribution in [3.8, 4) is 0 Å². The Bertz CT molecular complexity index is 596. The molecule has 0 aliphatic carbocycles. The lowest BCUT2D eigenvalue weighted by molar-refractivity contribution is -0.132. The number of carbonyl (C=O) groups is 2. The number of rotatable bonds is 3. The minimum atomic E-state index is 0.0454. The van der Waals surface area contributed by atoms with Crippen LogP contribution in [0, 0.1) is 5.92 Å². The van der Waals surface area contributed by atoms with Crippen molar-refractivity contribution in [2.75, 3.05) is 39.5 Å². The second-order valence-electron chi connectivity index (χ2n) is 6.68. The Morgan fingerprint density at radius 1 is 1.25 bits per heavy atom. The maximum absolute atomic E-state index is 12.7. The number of hydrogen-bond acceptors (Lipinski definition) is 4. The predicted molar refractivity (Wildman–Crippen MR) is 93.8 cm³/mol. The van der Waals surface area contributed by atoms with Gasteiger partial charge in [-0.25, -0.2) is 9.78 Å². The molecule has 0 radical (unpaired) electrons. The van der Waals surface area contributed by atoms with Gasteiger partial charge in [0.2, 0.25) is 5.91 Å². The SMILES string of the molecule is CN(C)C(=O)N1C[C@@H]2CC[C@H](C1)N(C(=O)CSc1ccccn1)C2. The van der Waals surface area contributed by atoms with E-state index in [2.05, 4.69) is 4.98 Å². The van der Waals surface area contributed by atoms with Gasteiger partial charge in [-0.2, -0.15) is 0 Å². The molecule has 0 spiro atoms. The lowest BCUT2D eigenvalue weighted by Crippen LogP contribution is -2.49. The summed E-state index contributed by atoms with van der Waals surface area (Å²) in [5.74, 6) is 0.943. The third-order valence-electron chi connectivity index (χ3n) is 4.67. The molecule has 130 valence electrons. The van der Waals surface area contributed by atoms with Gasteiger partial charge in [-0.1, -0.05) is 17.8 Å². The molecule has 4 heterocycles. The normalized spacial score (nSPS) is 23.1. The van der Waals surface area contributed by atoms with Gasteiger partial charge in [-0.15, -0.1) is 0 Å². The van der Waals surface area contributed by atoms with Crippen LogP contribution in [0.25, 0.3) is 0 Å². The predicted octanol–water partition coefficient (Wildman–Crippen LogP) is 1.78. The minimum absolute atomic E-state index is 0.0454. The Labute approximate surface area is 147 Å². The van der Waals surface area contributed by atoms with Crippen molar-refractivity contribution in [1.82, 2.24) is 19.7 Å². The molecule has 3 aliphatic heterocycles. The molecule has 3 aliphatic rings. The topological polar surface area (TPSA) is 56.8 Å². The van der Waals surface area contributed by atoms with Gasteiger partial charge in [-0.05, 0) is 30.9 Å². The van der Waals surface area contributed by atoms with E-state index in [0.717, 1.165) is 31.0 Å². The van der Waals surface area contributed by atoms with Gasteiger partial charge < -0.3 is 14.7 Å². The third kappa shape index (κ3) is 3.83. The van der Waals surface area contributed by atoms with Crippen LogP contribution in [-0.2, 0) is 4.79 Å². The van der Waals surface area contributed by atoms with Crippen LogP contribution in [-0.4, -0.2) is 77.1 Å². The Morgan fingerprint density at radius 3 is 2.79 bits per heavy atom. The molecule has 1 aromatic rings. The highest BCUT2D eigenvalue weighted by molar-refractivity contribution is 7.99. The van der Waals surface area contributed by atoms with Crippen LogP contribution < -0.4 is 0 Å². The molecule has 0 N–H and O–H groups in total. The standard InChI is InChI=1S/C17H24N4O2S/c1-19(2)17(23)20-9-13-6-7-14(11-20)21(10-13)16(22)12-24-15-5-3-4-8-18-15/h3-5,8,13-14H,6-7,9-12H2,1-2H3/t13-,14+/m0/s1. The molecule has 3 saturated heterocycles. The average Bonchev–Trinajstić information content (AvgIpc) is 2.91. The number of urea groups is 1. The number of carbonyl (C=O) groups excluding carboxylic acids is 2. The molecule has 0 saturated carbocycles. The Morgan fingerprint density at radius 2 is 2.08 bits per heavy atom. The summed E-state index contributed by atoms with van der Waals surface area (Å²) in [6.07, 6.45) is 3.83. The van der Waals surface area contributed by atoms with Gasteiger partial charge >= 0.3 is 6.03 Å². The first kappa shape index (κ1) is 17.1. The molecule has 2 bridgehead atoms. The molecule has 1 aromatic heterocycles. The maximum Gasteiger partial charge on any atom is 0.319 e. The van der Waals surface area contributed by atoms with Gasteiger partial charge in [-0.3, -0.25) is 4.79 Å². The van der Waals surface area contributed by atoms with Gasteiger partial charge in [0.05, 0.1) is 10.8 Å². The lowest BCUT2D eigenvalue weighted by Gasteiger charge is -2.36. The molecular formula is C17H24N4O2S. The van der Waals surface area contributed by atoms with Crippen molar-refractivity contribution in [3.63, 3.8) is 0 Å². The number of pyridine rings is 1. The molecule has 7 heteroatoms. The number of hydrogen-bond donors (Lipinski definition) is 0. The zero-order valence-electron chi connectivity index (χ0n) is 14.2. The molecule has 6 nitrogen and oxygen atoms in total. The summed E-state index contributed by atoms with van der Waals surface area (Å²) >= 11 is 1.48. The third-order valence-corrected chi connectivity index (χ3v) is 5.60. The number of amides is 3. The van der Waals surface area contributed by atoms with Crippen LogP contribution in [0.3, 0.4) is 0 Å². The van der Waals surface area contributed by atoms with E-state index in [0.29, 0.717) is 18.2 Å². The van der Waals surface area contributed by atoms with E-state index in [9.17, 15) is 9.59 Å². The van der Waals surface area contributed by atoms with Crippen molar-refractivity contribution in [3.05, 3.63) is 24.4 Å². The highest BCUT2D eigenvalue weighted by Crippen LogP contribution is 2.29. The van der Waals surface area contributed by atoms with E-state index in [1.165, 1.54) is 11.8 Å². The highest BCUT2D eigenvalue weighted by Gasteiger charge is 2.38. The number of nitrogens with zero attached hydrogens (tertiary/aromatic N) is 4. The van der Waals surface area contributed by atoms with Gasteiger partial charge in [0, 0.05) is 46.0 Å². The first-order chi connectivity index (χ1) is 11.5. The molecule has 24 heavy (non-hydrogen) atoms. The maximum atomic E-state index is 12.7. The van der Waals surface area contributed by atoms with E-state index in [4.69, 9.17) is 0 Å². The largest absolute Gasteiger partial charge is 0.337 e. The highest BCUT2D eigenvalue weighted by atomic mass is 32.2. The number of piperidine rings is 1. The summed E-state index contributed by atoms with van der Waals surface area (Å²) in [6, 6.07) is 5.91. The van der Waals surface area contributed by atoms with Gasteiger partial charge in [0.1, 0.15) is 0 Å². The van der Waals surface area contributed by atoms with Crippen LogP contribution in [0.15, 0.2) is 29.4 Å². The monoisotopic (exact) mass is 348 g/mol. The van der Waals surface area contributed by atoms with Gasteiger partial charge in [0.25, 0.3) is 0 Å². The van der Waals surface area contributed by atoms with Crippen molar-refractivity contribution < 1.29 is 9.59 Å². The van der Waals surface area contributed by atoms with Crippen molar-refractivity contribution in [1.29, 1.82) is 0 Å². The fourth-order valence-corrected chi connectivity index (χ4v) is 4.22. The molecular weight excluding hydrogens is 324 g/mol. The molecule has 3 amide bonds. The first-order valence-corrected chi connectivity index (χ1v) is 9.32. The summed E-state index contributed by atoms with van der Waals surface area (Å²) in [6.45, 7) is 2.17. The Kier molecular flexibility index (Phi) is 5.28. The number of fused-ring (bicyclic) bond motifs is 4. The van der Waals surface area contributed by atoms with Crippen LogP contribution >= 0.6 is 11.8 Å². The zero-order chi connectivity index (χ0) is 17.1. The quantitative estimate of drug-likeness (QED) is 0.782. The number of aromatic nitrogens is 1. The summed E-state index contributed by atoms with van der Waals surface area (Å²) in [5, 5.41) is 0.871.